The van der Waals surface area contributed by atoms with E-state index in [9.17, 15) is 4.79 Å². The fourth-order valence-electron chi connectivity index (χ4n) is 2.58. The molecule has 0 saturated heterocycles. The Balaban J connectivity index is 2.08. The summed E-state index contributed by atoms with van der Waals surface area (Å²) in [5, 5.41) is 4.68. The van der Waals surface area contributed by atoms with Crippen LogP contribution in [-0.2, 0) is 0 Å². The number of rotatable bonds is 1. The maximum atomic E-state index is 12.6. The molecule has 4 aromatic rings. The minimum Gasteiger partial charge on any atom is -0.290 e. The standard InChI is InChI=1S/C16H11BrN4O/c1-9-6-11(4-5-18-9)21-16(22)13-8-19-14-7-10(17)2-3-12(14)15(13)20-21/h2-8,20H,1H3. The zero-order chi connectivity index (χ0) is 15.3. The van der Waals surface area contributed by atoms with E-state index >= 15 is 0 Å². The molecule has 5 nitrogen and oxygen atoms in total. The van der Waals surface area contributed by atoms with Crippen molar-refractivity contribution < 1.29 is 0 Å². The Labute approximate surface area is 133 Å². The van der Waals surface area contributed by atoms with Crippen LogP contribution in [0.15, 0.2) is 52.0 Å². The number of halogens is 1. The van der Waals surface area contributed by atoms with E-state index in [-0.39, 0.29) is 5.56 Å². The lowest BCUT2D eigenvalue weighted by atomic mass is 10.2. The van der Waals surface area contributed by atoms with Crippen molar-refractivity contribution in [3.63, 3.8) is 0 Å². The summed E-state index contributed by atoms with van der Waals surface area (Å²) >= 11 is 3.44. The van der Waals surface area contributed by atoms with E-state index in [1.54, 1.807) is 18.5 Å². The average Bonchev–Trinajstić information content (AvgIpc) is 2.84. The SMILES string of the molecule is Cc1cc(-n2[nH]c3c(cnc4cc(Br)ccc43)c2=O)ccn1. The second kappa shape index (κ2) is 4.78. The van der Waals surface area contributed by atoms with Gasteiger partial charge in [-0.25, -0.2) is 4.68 Å². The largest absolute Gasteiger partial charge is 0.290 e. The number of hydrogen-bond donors (Lipinski definition) is 1. The Morgan fingerprint density at radius 1 is 1.14 bits per heavy atom. The first-order chi connectivity index (χ1) is 10.6. The number of nitrogens with zero attached hydrogens (tertiary/aromatic N) is 3. The molecule has 0 aliphatic rings. The van der Waals surface area contributed by atoms with Crippen LogP contribution in [0.25, 0.3) is 27.5 Å². The Morgan fingerprint density at radius 3 is 2.82 bits per heavy atom. The van der Waals surface area contributed by atoms with Crippen LogP contribution >= 0.6 is 15.9 Å². The smallest absolute Gasteiger partial charge is 0.280 e. The number of aromatic nitrogens is 4. The summed E-state index contributed by atoms with van der Waals surface area (Å²) in [6, 6.07) is 9.49. The minimum absolute atomic E-state index is 0.113. The third-order valence-electron chi connectivity index (χ3n) is 3.63. The zero-order valence-corrected chi connectivity index (χ0v) is 13.3. The number of hydrogen-bond acceptors (Lipinski definition) is 3. The van der Waals surface area contributed by atoms with Crippen LogP contribution in [0.1, 0.15) is 5.69 Å². The van der Waals surface area contributed by atoms with Gasteiger partial charge in [0.1, 0.15) is 0 Å². The molecule has 108 valence electrons. The van der Waals surface area contributed by atoms with Crippen molar-refractivity contribution in [3.8, 4) is 5.69 Å². The topological polar surface area (TPSA) is 63.6 Å². The molecule has 3 aromatic heterocycles. The van der Waals surface area contributed by atoms with Crippen LogP contribution in [0.5, 0.6) is 0 Å². The van der Waals surface area contributed by atoms with Gasteiger partial charge in [-0.2, -0.15) is 0 Å². The number of aromatic amines is 1. The third kappa shape index (κ3) is 1.95. The van der Waals surface area contributed by atoms with Crippen molar-refractivity contribution in [1.29, 1.82) is 0 Å². The van der Waals surface area contributed by atoms with E-state index < -0.39 is 0 Å². The maximum absolute atomic E-state index is 12.6. The highest BCUT2D eigenvalue weighted by atomic mass is 79.9. The lowest BCUT2D eigenvalue weighted by Gasteiger charge is -2.01. The van der Waals surface area contributed by atoms with Crippen LogP contribution in [0.3, 0.4) is 0 Å². The van der Waals surface area contributed by atoms with E-state index in [4.69, 9.17) is 0 Å². The van der Waals surface area contributed by atoms with Crippen LogP contribution < -0.4 is 5.56 Å². The molecule has 0 bridgehead atoms. The van der Waals surface area contributed by atoms with Crippen molar-refractivity contribution in [2.24, 2.45) is 0 Å². The molecule has 0 radical (unpaired) electrons. The van der Waals surface area contributed by atoms with E-state index in [0.29, 0.717) is 5.39 Å². The number of aryl methyl sites for hydroxylation is 1. The van der Waals surface area contributed by atoms with Crippen LogP contribution in [0, 0.1) is 6.92 Å². The van der Waals surface area contributed by atoms with Crippen molar-refractivity contribution in [1.82, 2.24) is 19.7 Å². The normalized spacial score (nSPS) is 11.4. The molecule has 0 amide bonds. The summed E-state index contributed by atoms with van der Waals surface area (Å²) in [7, 11) is 0. The Hall–Kier alpha value is -2.47. The molecule has 0 atom stereocenters. The van der Waals surface area contributed by atoms with Crippen LogP contribution in [0.2, 0.25) is 0 Å². The molecule has 22 heavy (non-hydrogen) atoms. The lowest BCUT2D eigenvalue weighted by molar-refractivity contribution is 0.859. The van der Waals surface area contributed by atoms with Gasteiger partial charge in [-0.05, 0) is 37.3 Å². The van der Waals surface area contributed by atoms with Gasteiger partial charge in [0.05, 0.1) is 22.1 Å². The molecule has 1 N–H and O–H groups in total. The summed E-state index contributed by atoms with van der Waals surface area (Å²) in [5.41, 5.74) is 3.13. The summed E-state index contributed by atoms with van der Waals surface area (Å²) in [6.07, 6.45) is 3.31. The Bertz CT molecular complexity index is 1080. The van der Waals surface area contributed by atoms with Gasteiger partial charge in [-0.15, -0.1) is 0 Å². The third-order valence-corrected chi connectivity index (χ3v) is 4.12. The molecule has 0 aliphatic carbocycles. The van der Waals surface area contributed by atoms with Crippen molar-refractivity contribution >= 4 is 37.7 Å². The quantitative estimate of drug-likeness (QED) is 0.570. The molecule has 0 unspecified atom stereocenters. The summed E-state index contributed by atoms with van der Waals surface area (Å²) in [4.78, 5) is 21.2. The van der Waals surface area contributed by atoms with E-state index in [1.807, 2.05) is 31.2 Å². The number of fused-ring (bicyclic) bond motifs is 3. The fourth-order valence-corrected chi connectivity index (χ4v) is 2.93. The average molecular weight is 355 g/mol. The molecule has 6 heteroatoms. The van der Waals surface area contributed by atoms with Gasteiger partial charge < -0.3 is 0 Å². The van der Waals surface area contributed by atoms with Crippen molar-refractivity contribution in [3.05, 3.63) is 63.2 Å². The van der Waals surface area contributed by atoms with Crippen LogP contribution in [0.4, 0.5) is 0 Å². The summed E-state index contributed by atoms with van der Waals surface area (Å²) in [6.45, 7) is 1.89. The second-order valence-electron chi connectivity index (χ2n) is 5.12. The van der Waals surface area contributed by atoms with E-state index in [2.05, 4.69) is 31.0 Å². The highest BCUT2D eigenvalue weighted by Crippen LogP contribution is 2.23. The van der Waals surface area contributed by atoms with Gasteiger partial charge in [-0.1, -0.05) is 15.9 Å². The molecule has 1 aromatic carbocycles. The second-order valence-corrected chi connectivity index (χ2v) is 6.03. The number of benzene rings is 1. The van der Waals surface area contributed by atoms with Crippen LogP contribution in [-0.4, -0.2) is 19.7 Å². The lowest BCUT2D eigenvalue weighted by Crippen LogP contribution is -2.14. The fraction of sp³-hybridized carbons (Fsp3) is 0.0625. The van der Waals surface area contributed by atoms with Gasteiger partial charge in [-0.3, -0.25) is 19.9 Å². The molecular weight excluding hydrogens is 344 g/mol. The van der Waals surface area contributed by atoms with Gasteiger partial charge >= 0.3 is 0 Å². The molecule has 4 rings (SSSR count). The van der Waals surface area contributed by atoms with Gasteiger partial charge in [0.15, 0.2) is 0 Å². The van der Waals surface area contributed by atoms with Gasteiger partial charge in [0.2, 0.25) is 0 Å². The molecule has 0 aliphatic heterocycles. The first-order valence-electron chi connectivity index (χ1n) is 6.75. The zero-order valence-electron chi connectivity index (χ0n) is 11.7. The highest BCUT2D eigenvalue weighted by Gasteiger charge is 2.12. The number of pyridine rings is 2. The minimum atomic E-state index is -0.113. The maximum Gasteiger partial charge on any atom is 0.280 e. The Kier molecular flexibility index (Phi) is 2.87. The molecule has 0 saturated carbocycles. The monoisotopic (exact) mass is 354 g/mol. The predicted molar refractivity (Wildman–Crippen MR) is 89.4 cm³/mol. The Morgan fingerprint density at radius 2 is 2.00 bits per heavy atom. The molecule has 3 heterocycles. The first kappa shape index (κ1) is 13.2. The summed E-state index contributed by atoms with van der Waals surface area (Å²) < 4.78 is 2.49. The van der Waals surface area contributed by atoms with Crippen molar-refractivity contribution in [2.45, 2.75) is 6.92 Å². The molecule has 0 fully saturated rings. The van der Waals surface area contributed by atoms with Gasteiger partial charge in [0, 0.05) is 27.9 Å². The first-order valence-corrected chi connectivity index (χ1v) is 7.55. The van der Waals surface area contributed by atoms with E-state index in [1.165, 1.54) is 4.68 Å². The predicted octanol–water partition coefficient (Wildman–Crippen LogP) is 3.33. The highest BCUT2D eigenvalue weighted by molar-refractivity contribution is 9.10. The van der Waals surface area contributed by atoms with Gasteiger partial charge in [0.25, 0.3) is 5.56 Å². The van der Waals surface area contributed by atoms with Crippen molar-refractivity contribution in [2.75, 3.05) is 0 Å². The summed E-state index contributed by atoms with van der Waals surface area (Å²) in [5.74, 6) is 0. The number of nitrogens with one attached hydrogen (secondary N) is 1. The molecular formula is C16H11BrN4O. The molecule has 0 spiro atoms. The van der Waals surface area contributed by atoms with E-state index in [0.717, 1.165) is 32.3 Å². The number of H-pyrrole nitrogens is 1.